The summed E-state index contributed by atoms with van der Waals surface area (Å²) >= 11 is 6.35. The van der Waals surface area contributed by atoms with Gasteiger partial charge >= 0.3 is 11.6 Å². The van der Waals surface area contributed by atoms with Crippen LogP contribution in [0.3, 0.4) is 0 Å². The first-order valence-electron chi connectivity index (χ1n) is 10.9. The number of carboxylic acid groups (broad SMARTS) is 1. The molecular weight excluding hydrogens is 476 g/mol. The summed E-state index contributed by atoms with van der Waals surface area (Å²) in [6.07, 6.45) is 1.13. The van der Waals surface area contributed by atoms with Crippen LogP contribution in [0.4, 0.5) is 0 Å². The lowest BCUT2D eigenvalue weighted by Gasteiger charge is -2.19. The van der Waals surface area contributed by atoms with Gasteiger partial charge in [0.15, 0.2) is 6.10 Å². The number of phenolic OH excluding ortho intramolecular Hbond substituents is 1. The van der Waals surface area contributed by atoms with Gasteiger partial charge in [-0.15, -0.1) is 0 Å². The molecule has 2 atom stereocenters. The second kappa shape index (κ2) is 9.71. The molecular formula is C25H23ClN2O7. The Kier molecular flexibility index (Phi) is 6.70. The molecule has 0 fully saturated rings. The molecule has 0 aliphatic carbocycles. The van der Waals surface area contributed by atoms with Crippen molar-refractivity contribution in [1.29, 1.82) is 0 Å². The Morgan fingerprint density at radius 1 is 1.17 bits per heavy atom. The fourth-order valence-electron chi connectivity index (χ4n) is 3.90. The number of hydrogen-bond acceptors (Lipinski definition) is 6. The van der Waals surface area contributed by atoms with Crippen molar-refractivity contribution >= 4 is 45.3 Å². The third-order valence-corrected chi connectivity index (χ3v) is 6.02. The zero-order chi connectivity index (χ0) is 25.3. The van der Waals surface area contributed by atoms with E-state index < -0.39 is 29.6 Å². The van der Waals surface area contributed by atoms with E-state index in [1.54, 1.807) is 18.3 Å². The number of rotatable bonds is 8. The Morgan fingerprint density at radius 2 is 1.94 bits per heavy atom. The molecule has 0 spiro atoms. The van der Waals surface area contributed by atoms with Crippen molar-refractivity contribution < 1.29 is 29.0 Å². The highest BCUT2D eigenvalue weighted by atomic mass is 35.5. The van der Waals surface area contributed by atoms with E-state index in [1.165, 1.54) is 31.2 Å². The Morgan fingerprint density at radius 3 is 2.66 bits per heavy atom. The summed E-state index contributed by atoms with van der Waals surface area (Å²) in [5.41, 5.74) is 1.88. The van der Waals surface area contributed by atoms with Crippen LogP contribution in [-0.2, 0) is 22.4 Å². The highest BCUT2D eigenvalue weighted by molar-refractivity contribution is 6.32. The molecule has 4 N–H and O–H groups in total. The Hall–Kier alpha value is -3.98. The van der Waals surface area contributed by atoms with Crippen molar-refractivity contribution in [3.8, 4) is 11.5 Å². The lowest BCUT2D eigenvalue weighted by atomic mass is 10.0. The molecule has 0 aliphatic rings. The van der Waals surface area contributed by atoms with Crippen LogP contribution >= 0.6 is 11.6 Å². The summed E-state index contributed by atoms with van der Waals surface area (Å²) in [4.78, 5) is 39.5. The van der Waals surface area contributed by atoms with Crippen LogP contribution in [0.15, 0.2) is 51.8 Å². The van der Waals surface area contributed by atoms with Crippen molar-refractivity contribution in [2.45, 2.75) is 38.8 Å². The highest BCUT2D eigenvalue weighted by Crippen LogP contribution is 2.32. The Balaban J connectivity index is 1.52. The van der Waals surface area contributed by atoms with Gasteiger partial charge in [-0.1, -0.05) is 18.5 Å². The van der Waals surface area contributed by atoms with Crippen molar-refractivity contribution in [2.75, 3.05) is 0 Å². The molecule has 0 saturated heterocycles. The van der Waals surface area contributed by atoms with Gasteiger partial charge < -0.3 is 29.7 Å². The lowest BCUT2D eigenvalue weighted by Crippen LogP contribution is -2.47. The zero-order valence-corrected chi connectivity index (χ0v) is 19.7. The summed E-state index contributed by atoms with van der Waals surface area (Å²) < 4.78 is 10.9. The topological polar surface area (TPSA) is 142 Å². The number of carbonyl (C=O) groups is 2. The SMILES string of the molecule is CCc1cc(=O)oc2cc(O[C@@H](C)C(=O)N[C@H](Cc3c[nH]c4ccc(O)cc34)C(=O)O)c(Cl)cc12. The summed E-state index contributed by atoms with van der Waals surface area (Å²) in [6.45, 7) is 3.36. The number of fused-ring (bicyclic) bond motifs is 2. The predicted molar refractivity (Wildman–Crippen MR) is 130 cm³/mol. The molecule has 1 amide bonds. The minimum Gasteiger partial charge on any atom is -0.508 e. The van der Waals surface area contributed by atoms with E-state index in [9.17, 15) is 24.6 Å². The van der Waals surface area contributed by atoms with Crippen LogP contribution in [-0.4, -0.2) is 39.2 Å². The molecule has 0 bridgehead atoms. The van der Waals surface area contributed by atoms with Crippen LogP contribution in [0.5, 0.6) is 11.5 Å². The maximum absolute atomic E-state index is 12.8. The number of benzene rings is 2. The number of aliphatic carboxylic acids is 1. The van der Waals surface area contributed by atoms with Gasteiger partial charge in [-0.2, -0.15) is 0 Å². The molecule has 0 unspecified atom stereocenters. The van der Waals surface area contributed by atoms with Crippen molar-refractivity contribution in [3.63, 3.8) is 0 Å². The van der Waals surface area contributed by atoms with Gasteiger partial charge in [0.05, 0.1) is 5.02 Å². The fraction of sp³-hybridized carbons (Fsp3) is 0.240. The quantitative estimate of drug-likeness (QED) is 0.271. The number of amides is 1. The van der Waals surface area contributed by atoms with E-state index in [1.807, 2.05) is 6.92 Å². The Bertz CT molecular complexity index is 1490. The van der Waals surface area contributed by atoms with Crippen LogP contribution in [0, 0.1) is 0 Å². The van der Waals surface area contributed by atoms with E-state index in [-0.39, 0.29) is 28.5 Å². The summed E-state index contributed by atoms with van der Waals surface area (Å²) in [6, 6.07) is 7.92. The van der Waals surface area contributed by atoms with Gasteiger partial charge in [0.2, 0.25) is 0 Å². The number of aromatic nitrogens is 1. The average Bonchev–Trinajstić information content (AvgIpc) is 3.20. The third-order valence-electron chi connectivity index (χ3n) is 5.73. The van der Waals surface area contributed by atoms with Crippen molar-refractivity contribution in [1.82, 2.24) is 10.3 Å². The summed E-state index contributed by atoms with van der Waals surface area (Å²) in [7, 11) is 0. The zero-order valence-electron chi connectivity index (χ0n) is 18.9. The van der Waals surface area contributed by atoms with Crippen LogP contribution in [0.1, 0.15) is 25.0 Å². The summed E-state index contributed by atoms with van der Waals surface area (Å²) in [5.74, 6) is -1.72. The second-order valence-electron chi connectivity index (χ2n) is 8.13. The maximum atomic E-state index is 12.8. The molecule has 2 aromatic heterocycles. The molecule has 35 heavy (non-hydrogen) atoms. The van der Waals surface area contributed by atoms with E-state index in [0.29, 0.717) is 22.8 Å². The van der Waals surface area contributed by atoms with Crippen LogP contribution in [0.2, 0.25) is 5.02 Å². The van der Waals surface area contributed by atoms with Gasteiger partial charge in [-0.05, 0) is 48.7 Å². The molecule has 4 aromatic rings. The fourth-order valence-corrected chi connectivity index (χ4v) is 4.11. The largest absolute Gasteiger partial charge is 0.508 e. The van der Waals surface area contributed by atoms with E-state index >= 15 is 0 Å². The Labute approximate surface area is 204 Å². The molecule has 4 rings (SSSR count). The van der Waals surface area contributed by atoms with Crippen LogP contribution < -0.4 is 15.7 Å². The predicted octanol–water partition coefficient (Wildman–Crippen LogP) is 3.78. The van der Waals surface area contributed by atoms with Crippen molar-refractivity contribution in [3.05, 3.63) is 69.2 Å². The number of carboxylic acids is 1. The van der Waals surface area contributed by atoms with E-state index in [2.05, 4.69) is 10.3 Å². The molecule has 0 saturated carbocycles. The van der Waals surface area contributed by atoms with Crippen LogP contribution in [0.25, 0.3) is 21.9 Å². The maximum Gasteiger partial charge on any atom is 0.336 e. The van der Waals surface area contributed by atoms with Crippen molar-refractivity contribution in [2.24, 2.45) is 0 Å². The molecule has 0 aliphatic heterocycles. The number of aromatic hydroxyl groups is 1. The average molecular weight is 499 g/mol. The number of phenols is 1. The second-order valence-corrected chi connectivity index (χ2v) is 8.54. The minimum atomic E-state index is -1.24. The number of H-pyrrole nitrogens is 1. The molecule has 10 heteroatoms. The molecule has 182 valence electrons. The number of aromatic amines is 1. The smallest absolute Gasteiger partial charge is 0.336 e. The van der Waals surface area contributed by atoms with E-state index in [4.69, 9.17) is 20.8 Å². The monoisotopic (exact) mass is 498 g/mol. The highest BCUT2D eigenvalue weighted by Gasteiger charge is 2.26. The van der Waals surface area contributed by atoms with Gasteiger partial charge in [-0.25, -0.2) is 9.59 Å². The first kappa shape index (κ1) is 24.2. The normalized spacial score (nSPS) is 13.0. The molecule has 9 nitrogen and oxygen atoms in total. The standard InChI is InChI=1S/C25H23ClN2O7/c1-3-13-7-23(30)35-21-10-22(18(26)9-17(13)21)34-12(2)24(31)28-20(25(32)33)6-14-11-27-19-5-4-15(29)8-16(14)19/h4-5,7-12,20,27,29H,3,6H2,1-2H3,(H,28,31)(H,32,33)/t12-,20+/m0/s1. The molecule has 0 radical (unpaired) electrons. The number of nitrogens with one attached hydrogen (secondary N) is 2. The van der Waals surface area contributed by atoms with E-state index in [0.717, 1.165) is 11.1 Å². The first-order valence-corrected chi connectivity index (χ1v) is 11.3. The van der Waals surface area contributed by atoms with Gasteiger partial charge in [0.1, 0.15) is 23.1 Å². The van der Waals surface area contributed by atoms with Gasteiger partial charge in [0, 0.05) is 41.0 Å². The molecule has 2 heterocycles. The van der Waals surface area contributed by atoms with Gasteiger partial charge in [-0.3, -0.25) is 4.79 Å². The minimum absolute atomic E-state index is 0.0150. The number of hydrogen-bond donors (Lipinski definition) is 4. The number of ether oxygens (including phenoxy) is 1. The number of aryl methyl sites for hydroxylation is 1. The summed E-state index contributed by atoms with van der Waals surface area (Å²) in [5, 5.41) is 23.5. The third kappa shape index (κ3) is 5.09. The molecule has 2 aromatic carbocycles. The number of carbonyl (C=O) groups excluding carboxylic acids is 1. The first-order chi connectivity index (χ1) is 16.7. The van der Waals surface area contributed by atoms with Gasteiger partial charge in [0.25, 0.3) is 5.91 Å². The lowest BCUT2D eigenvalue weighted by molar-refractivity contribution is -0.142. The number of halogens is 1.